The van der Waals surface area contributed by atoms with Crippen molar-refractivity contribution in [3.05, 3.63) is 0 Å². The summed E-state index contributed by atoms with van der Waals surface area (Å²) in [5.74, 6) is 0.823. The maximum absolute atomic E-state index is 9.38. The van der Waals surface area contributed by atoms with Gasteiger partial charge in [0.05, 0.1) is 0 Å². The molecule has 0 aromatic rings. The highest BCUT2D eigenvalue weighted by atomic mass is 32.1. The van der Waals surface area contributed by atoms with Crippen LogP contribution in [0.1, 0.15) is 12.8 Å². The monoisotopic (exact) mass is 212 g/mol. The lowest BCUT2D eigenvalue weighted by atomic mass is 10.4. The first-order valence-corrected chi connectivity index (χ1v) is 6.06. The van der Waals surface area contributed by atoms with Crippen LogP contribution in [0.15, 0.2) is 0 Å². The van der Waals surface area contributed by atoms with Crippen LogP contribution in [0.2, 0.25) is 0 Å². The van der Waals surface area contributed by atoms with Crippen molar-refractivity contribution in [2.45, 2.75) is 12.8 Å². The number of thiol groups is 1. The van der Waals surface area contributed by atoms with Gasteiger partial charge in [-0.25, -0.2) is 0 Å². The molecule has 0 atom stereocenters. The molecular weight excluding hydrogens is 196 g/mol. The minimum atomic E-state index is -3.27. The third-order valence-corrected chi connectivity index (χ3v) is 3.27. The second-order valence-electron chi connectivity index (χ2n) is 2.21. The van der Waals surface area contributed by atoms with Crippen LogP contribution in [0, 0.1) is 0 Å². The molecule has 0 bridgehead atoms. The summed E-state index contributed by atoms with van der Waals surface area (Å²) in [5.41, 5.74) is 0. The second kappa shape index (κ2) is 6.87. The molecule has 0 heterocycles. The van der Waals surface area contributed by atoms with Gasteiger partial charge in [-0.3, -0.25) is 0 Å². The van der Waals surface area contributed by atoms with E-state index >= 15 is 0 Å². The molecule has 0 aliphatic rings. The van der Waals surface area contributed by atoms with Gasteiger partial charge in [0.15, 0.2) is 0 Å². The first-order chi connectivity index (χ1) is 5.68. The van der Waals surface area contributed by atoms with E-state index in [1.165, 1.54) is 14.2 Å². The Hall–Kier alpha value is 0.407. The fraction of sp³-hybridized carbons (Fsp3) is 1.00. The van der Waals surface area contributed by atoms with Gasteiger partial charge in [-0.2, -0.15) is 12.6 Å². The number of unbranched alkanes of at least 4 members (excludes halogenated alkanes) is 1. The van der Waals surface area contributed by atoms with Gasteiger partial charge in [-0.15, -0.1) is 0 Å². The van der Waals surface area contributed by atoms with Crippen LogP contribution in [0.25, 0.3) is 0 Å². The molecule has 12 heavy (non-hydrogen) atoms. The van der Waals surface area contributed by atoms with Crippen molar-refractivity contribution in [3.63, 3.8) is 0 Å². The third-order valence-electron chi connectivity index (χ3n) is 1.35. The Morgan fingerprint density at radius 3 is 2.25 bits per heavy atom. The molecule has 0 saturated heterocycles. The summed E-state index contributed by atoms with van der Waals surface area (Å²) in [6, 6.07) is 0. The van der Waals surface area contributed by atoms with Crippen molar-refractivity contribution in [2.24, 2.45) is 0 Å². The molecule has 0 aliphatic carbocycles. The first kappa shape index (κ1) is 12.4. The lowest BCUT2D eigenvalue weighted by Crippen LogP contribution is -2.44. The van der Waals surface area contributed by atoms with Crippen LogP contribution in [-0.2, 0) is 13.3 Å². The topological polar surface area (TPSA) is 47.9 Å². The number of rotatable bonds is 7. The molecule has 0 aliphatic heterocycles. The minimum Gasteiger partial charge on any atom is -0.367 e. The summed E-state index contributed by atoms with van der Waals surface area (Å²) >= 11 is 4.04. The van der Waals surface area contributed by atoms with Crippen LogP contribution < -0.4 is 0 Å². The maximum atomic E-state index is 9.38. The second-order valence-corrected chi connectivity index (χ2v) is 4.81. The van der Waals surface area contributed by atoms with Crippen molar-refractivity contribution >= 4 is 21.7 Å². The maximum Gasteiger partial charge on any atom is 0.676 e. The van der Waals surface area contributed by atoms with Crippen molar-refractivity contribution in [2.75, 3.05) is 26.6 Å². The van der Waals surface area contributed by atoms with E-state index in [1.807, 2.05) is 0 Å². The molecule has 0 amide bonds. The quantitative estimate of drug-likeness (QED) is 0.365. The molecular formula is C6H16O4SSi. The Bertz CT molecular complexity index is 110. The molecule has 0 saturated carbocycles. The van der Waals surface area contributed by atoms with E-state index in [-0.39, 0.29) is 0 Å². The van der Waals surface area contributed by atoms with Crippen LogP contribution in [0.5, 0.6) is 0 Å². The molecule has 74 valence electrons. The Kier molecular flexibility index (Phi) is 7.11. The molecule has 4 nitrogen and oxygen atoms in total. The summed E-state index contributed by atoms with van der Waals surface area (Å²) in [6.45, 7) is 0.449. The van der Waals surface area contributed by atoms with Gasteiger partial charge in [0.2, 0.25) is 0 Å². The predicted molar refractivity (Wildman–Crippen MR) is 51.0 cm³/mol. The fourth-order valence-corrected chi connectivity index (χ4v) is 1.64. The first-order valence-electron chi connectivity index (χ1n) is 3.76. The Balaban J connectivity index is 3.45. The molecule has 6 heteroatoms. The summed E-state index contributed by atoms with van der Waals surface area (Å²) in [4.78, 5) is 9.38. The average Bonchev–Trinajstić information content (AvgIpc) is 2.12. The fourth-order valence-electron chi connectivity index (χ4n) is 0.616. The van der Waals surface area contributed by atoms with Gasteiger partial charge in [0.25, 0.3) is 0 Å². The van der Waals surface area contributed by atoms with Crippen molar-refractivity contribution in [1.29, 1.82) is 0 Å². The van der Waals surface area contributed by atoms with Gasteiger partial charge in [0, 0.05) is 20.8 Å². The van der Waals surface area contributed by atoms with Crippen molar-refractivity contribution in [3.8, 4) is 0 Å². The zero-order chi connectivity index (χ0) is 9.45. The molecule has 0 spiro atoms. The molecule has 1 N–H and O–H groups in total. The summed E-state index contributed by atoms with van der Waals surface area (Å²) in [7, 11) is -0.534. The average molecular weight is 212 g/mol. The zero-order valence-electron chi connectivity index (χ0n) is 7.45. The summed E-state index contributed by atoms with van der Waals surface area (Å²) < 4.78 is 14.4. The smallest absolute Gasteiger partial charge is 0.367 e. The van der Waals surface area contributed by atoms with Gasteiger partial charge in [-0.05, 0) is 18.6 Å². The standard InChI is InChI=1S/C6H16O4SSi/c1-8-12(7,9-2)10-5-3-4-6-11/h7,11H,3-6H2,1-2H3. The van der Waals surface area contributed by atoms with E-state index in [2.05, 4.69) is 12.6 Å². The van der Waals surface area contributed by atoms with Crippen molar-refractivity contribution in [1.82, 2.24) is 0 Å². The highest BCUT2D eigenvalue weighted by Crippen LogP contribution is 2.03. The normalized spacial score (nSPS) is 12.0. The lowest BCUT2D eigenvalue weighted by Gasteiger charge is -2.18. The largest absolute Gasteiger partial charge is 0.676 e. The molecule has 0 unspecified atom stereocenters. The number of hydrogen-bond donors (Lipinski definition) is 2. The minimum absolute atomic E-state index is 0.449. The van der Waals surface area contributed by atoms with E-state index in [1.54, 1.807) is 0 Å². The van der Waals surface area contributed by atoms with Crippen LogP contribution in [-0.4, -0.2) is 40.4 Å². The highest BCUT2D eigenvalue weighted by molar-refractivity contribution is 7.80. The van der Waals surface area contributed by atoms with E-state index < -0.39 is 9.05 Å². The predicted octanol–water partition coefficient (Wildman–Crippen LogP) is 0.434. The van der Waals surface area contributed by atoms with Gasteiger partial charge in [-0.1, -0.05) is 0 Å². The summed E-state index contributed by atoms with van der Waals surface area (Å²) in [5, 5.41) is 0. The van der Waals surface area contributed by atoms with Crippen LogP contribution in [0.4, 0.5) is 0 Å². The summed E-state index contributed by atoms with van der Waals surface area (Å²) in [6.07, 6.45) is 1.81. The third kappa shape index (κ3) is 5.12. The lowest BCUT2D eigenvalue weighted by molar-refractivity contribution is 0.0226. The van der Waals surface area contributed by atoms with Gasteiger partial charge >= 0.3 is 9.05 Å². The zero-order valence-corrected chi connectivity index (χ0v) is 9.34. The molecule has 0 aromatic carbocycles. The molecule has 0 fully saturated rings. The highest BCUT2D eigenvalue weighted by Gasteiger charge is 2.38. The van der Waals surface area contributed by atoms with Gasteiger partial charge < -0.3 is 18.1 Å². The molecule has 0 rings (SSSR count). The van der Waals surface area contributed by atoms with Crippen LogP contribution >= 0.6 is 12.6 Å². The van der Waals surface area contributed by atoms with Crippen molar-refractivity contribution < 1.29 is 18.1 Å². The Morgan fingerprint density at radius 1 is 1.25 bits per heavy atom. The van der Waals surface area contributed by atoms with E-state index in [4.69, 9.17) is 13.3 Å². The van der Waals surface area contributed by atoms with Crippen LogP contribution in [0.3, 0.4) is 0 Å². The molecule has 0 radical (unpaired) electrons. The van der Waals surface area contributed by atoms with Gasteiger partial charge in [0.1, 0.15) is 0 Å². The Labute approximate surface area is 79.7 Å². The SMILES string of the molecule is CO[Si](O)(OC)OCCCCS. The Morgan fingerprint density at radius 2 is 1.83 bits per heavy atom. The van der Waals surface area contributed by atoms with E-state index in [9.17, 15) is 4.80 Å². The number of hydrogen-bond acceptors (Lipinski definition) is 5. The molecule has 0 aromatic heterocycles. The van der Waals surface area contributed by atoms with E-state index in [0.29, 0.717) is 6.61 Å². The van der Waals surface area contributed by atoms with E-state index in [0.717, 1.165) is 18.6 Å².